The molecule has 0 spiro atoms. The molecule has 3 rings (SSSR count). The lowest BCUT2D eigenvalue weighted by molar-refractivity contribution is 0.270. The van der Waals surface area contributed by atoms with E-state index < -0.39 is 0 Å². The number of aryl methyl sites for hydroxylation is 1. The van der Waals surface area contributed by atoms with Gasteiger partial charge in [-0.15, -0.1) is 0 Å². The molecule has 1 fully saturated rings. The van der Waals surface area contributed by atoms with E-state index in [1.807, 2.05) is 12.1 Å². The first kappa shape index (κ1) is 13.9. The first-order valence-corrected chi connectivity index (χ1v) is 8.27. The number of nitrogens with one attached hydrogen (secondary N) is 1. The lowest BCUT2D eigenvalue weighted by Crippen LogP contribution is -2.31. The summed E-state index contributed by atoms with van der Waals surface area (Å²) in [7, 11) is 0. The van der Waals surface area contributed by atoms with Gasteiger partial charge >= 0.3 is 0 Å². The van der Waals surface area contributed by atoms with E-state index in [0.29, 0.717) is 11.8 Å². The third-order valence-electron chi connectivity index (χ3n) is 5.23. The smallest absolute Gasteiger partial charge is 0.115 e. The van der Waals surface area contributed by atoms with Gasteiger partial charge in [0.15, 0.2) is 0 Å². The minimum absolute atomic E-state index is 0.406. The zero-order valence-electron chi connectivity index (χ0n) is 12.6. The van der Waals surface area contributed by atoms with Crippen molar-refractivity contribution in [2.45, 2.75) is 57.9 Å². The molecule has 1 aromatic carbocycles. The van der Waals surface area contributed by atoms with Crippen LogP contribution in [0.2, 0.25) is 0 Å². The highest BCUT2D eigenvalue weighted by Crippen LogP contribution is 2.33. The fraction of sp³-hybridized carbons (Fsp3) is 0.667. The second-order valence-corrected chi connectivity index (χ2v) is 6.86. The van der Waals surface area contributed by atoms with Gasteiger partial charge in [-0.1, -0.05) is 25.8 Å². The first-order valence-electron chi connectivity index (χ1n) is 8.27. The minimum atomic E-state index is 0.406. The SMILES string of the molecule is CC1CCC(CNC2CCCc3ccc(O)cc32)CC1. The molecular weight excluding hydrogens is 246 g/mol. The zero-order chi connectivity index (χ0) is 13.9. The molecule has 2 N–H and O–H groups in total. The van der Waals surface area contributed by atoms with Gasteiger partial charge in [-0.05, 0) is 73.7 Å². The van der Waals surface area contributed by atoms with Crippen LogP contribution >= 0.6 is 0 Å². The summed E-state index contributed by atoms with van der Waals surface area (Å²) in [6.07, 6.45) is 9.19. The predicted molar refractivity (Wildman–Crippen MR) is 82.9 cm³/mol. The number of hydrogen-bond acceptors (Lipinski definition) is 2. The standard InChI is InChI=1S/C18H27NO/c1-13-5-7-14(8-6-13)12-19-18-4-2-3-15-9-10-16(20)11-17(15)18/h9-11,13-14,18-20H,2-8,12H2,1H3. The zero-order valence-corrected chi connectivity index (χ0v) is 12.6. The van der Waals surface area contributed by atoms with Gasteiger partial charge in [0.05, 0.1) is 0 Å². The molecule has 0 aliphatic heterocycles. The van der Waals surface area contributed by atoms with E-state index in [2.05, 4.69) is 18.3 Å². The van der Waals surface area contributed by atoms with Crippen LogP contribution in [0.3, 0.4) is 0 Å². The molecule has 2 nitrogen and oxygen atoms in total. The van der Waals surface area contributed by atoms with E-state index in [1.54, 1.807) is 0 Å². The highest BCUT2D eigenvalue weighted by molar-refractivity contribution is 5.38. The van der Waals surface area contributed by atoms with Crippen molar-refractivity contribution in [3.63, 3.8) is 0 Å². The second-order valence-electron chi connectivity index (χ2n) is 6.86. The Morgan fingerprint density at radius 3 is 2.75 bits per heavy atom. The molecule has 2 aliphatic carbocycles. The Balaban J connectivity index is 1.60. The number of aromatic hydroxyl groups is 1. The largest absolute Gasteiger partial charge is 0.508 e. The summed E-state index contributed by atoms with van der Waals surface area (Å²) in [5, 5.41) is 13.5. The van der Waals surface area contributed by atoms with Gasteiger partial charge in [-0.2, -0.15) is 0 Å². The molecule has 1 aromatic rings. The molecule has 0 amide bonds. The molecule has 0 radical (unpaired) electrons. The van der Waals surface area contributed by atoms with E-state index in [1.165, 1.54) is 49.7 Å². The van der Waals surface area contributed by atoms with Crippen LogP contribution in [0.1, 0.15) is 62.6 Å². The van der Waals surface area contributed by atoms with Crippen LogP contribution in [-0.4, -0.2) is 11.7 Å². The molecule has 1 saturated carbocycles. The maximum atomic E-state index is 9.72. The van der Waals surface area contributed by atoms with Crippen molar-refractivity contribution < 1.29 is 5.11 Å². The molecule has 20 heavy (non-hydrogen) atoms. The monoisotopic (exact) mass is 273 g/mol. The Morgan fingerprint density at radius 2 is 1.95 bits per heavy atom. The number of phenolic OH excluding ortho intramolecular Hbond substituents is 1. The number of fused-ring (bicyclic) bond motifs is 1. The first-order chi connectivity index (χ1) is 9.72. The average Bonchev–Trinajstić information content (AvgIpc) is 2.47. The minimum Gasteiger partial charge on any atom is -0.508 e. The van der Waals surface area contributed by atoms with Crippen molar-refractivity contribution in [2.75, 3.05) is 6.54 Å². The van der Waals surface area contributed by atoms with Crippen LogP contribution in [0.25, 0.3) is 0 Å². The molecular formula is C18H27NO. The summed E-state index contributed by atoms with van der Waals surface area (Å²) < 4.78 is 0. The number of phenols is 1. The van der Waals surface area contributed by atoms with Crippen molar-refractivity contribution in [2.24, 2.45) is 11.8 Å². The van der Waals surface area contributed by atoms with Crippen LogP contribution in [0.5, 0.6) is 5.75 Å². The number of rotatable bonds is 3. The molecule has 2 heteroatoms. The number of benzene rings is 1. The van der Waals surface area contributed by atoms with Crippen molar-refractivity contribution in [3.8, 4) is 5.75 Å². The van der Waals surface area contributed by atoms with E-state index in [4.69, 9.17) is 0 Å². The van der Waals surface area contributed by atoms with Gasteiger partial charge in [0.1, 0.15) is 5.75 Å². The van der Waals surface area contributed by atoms with E-state index in [0.717, 1.165) is 24.8 Å². The Hall–Kier alpha value is -1.02. The van der Waals surface area contributed by atoms with E-state index in [9.17, 15) is 5.11 Å². The van der Waals surface area contributed by atoms with Gasteiger partial charge < -0.3 is 10.4 Å². The Morgan fingerprint density at radius 1 is 1.15 bits per heavy atom. The molecule has 0 aromatic heterocycles. The third kappa shape index (κ3) is 3.17. The molecule has 1 unspecified atom stereocenters. The quantitative estimate of drug-likeness (QED) is 0.865. The molecule has 1 atom stereocenters. The van der Waals surface area contributed by atoms with Crippen LogP contribution in [-0.2, 0) is 6.42 Å². The normalized spacial score (nSPS) is 29.9. The van der Waals surface area contributed by atoms with Crippen LogP contribution < -0.4 is 5.32 Å². The van der Waals surface area contributed by atoms with Crippen molar-refractivity contribution in [1.29, 1.82) is 0 Å². The third-order valence-corrected chi connectivity index (χ3v) is 5.23. The average molecular weight is 273 g/mol. The summed E-state index contributed by atoms with van der Waals surface area (Å²) in [6.45, 7) is 3.52. The lowest BCUT2D eigenvalue weighted by atomic mass is 9.82. The van der Waals surface area contributed by atoms with Gasteiger partial charge in [0.25, 0.3) is 0 Å². The van der Waals surface area contributed by atoms with Crippen molar-refractivity contribution in [1.82, 2.24) is 5.32 Å². The van der Waals surface area contributed by atoms with E-state index >= 15 is 0 Å². The Kier molecular flexibility index (Phi) is 4.30. The van der Waals surface area contributed by atoms with E-state index in [-0.39, 0.29) is 0 Å². The summed E-state index contributed by atoms with van der Waals surface area (Å²) in [5.74, 6) is 2.19. The summed E-state index contributed by atoms with van der Waals surface area (Å²) >= 11 is 0. The highest BCUT2D eigenvalue weighted by atomic mass is 16.3. The maximum absolute atomic E-state index is 9.72. The van der Waals surface area contributed by atoms with Gasteiger partial charge in [0.2, 0.25) is 0 Å². The van der Waals surface area contributed by atoms with Crippen molar-refractivity contribution >= 4 is 0 Å². The summed E-state index contributed by atoms with van der Waals surface area (Å²) in [5.41, 5.74) is 2.75. The molecule has 110 valence electrons. The van der Waals surface area contributed by atoms with Crippen LogP contribution in [0.4, 0.5) is 0 Å². The Labute approximate surface area is 122 Å². The summed E-state index contributed by atoms with van der Waals surface area (Å²) in [6, 6.07) is 6.34. The van der Waals surface area contributed by atoms with Gasteiger partial charge in [-0.25, -0.2) is 0 Å². The molecule has 0 heterocycles. The lowest BCUT2D eigenvalue weighted by Gasteiger charge is -2.31. The van der Waals surface area contributed by atoms with Crippen LogP contribution in [0, 0.1) is 11.8 Å². The van der Waals surface area contributed by atoms with Gasteiger partial charge in [0, 0.05) is 6.04 Å². The van der Waals surface area contributed by atoms with Crippen molar-refractivity contribution in [3.05, 3.63) is 29.3 Å². The van der Waals surface area contributed by atoms with Crippen LogP contribution in [0.15, 0.2) is 18.2 Å². The molecule has 0 saturated heterocycles. The maximum Gasteiger partial charge on any atom is 0.115 e. The highest BCUT2D eigenvalue weighted by Gasteiger charge is 2.23. The molecule has 2 aliphatic rings. The topological polar surface area (TPSA) is 32.3 Å². The predicted octanol–water partition coefficient (Wildman–Crippen LogP) is 4.19. The van der Waals surface area contributed by atoms with Gasteiger partial charge in [-0.3, -0.25) is 0 Å². The Bertz CT molecular complexity index is 449. The second kappa shape index (κ2) is 6.17. The fourth-order valence-electron chi connectivity index (χ4n) is 3.84. The fourth-order valence-corrected chi connectivity index (χ4v) is 3.84. The number of hydrogen-bond donors (Lipinski definition) is 2. The molecule has 0 bridgehead atoms. The summed E-state index contributed by atoms with van der Waals surface area (Å²) in [4.78, 5) is 0.